The van der Waals surface area contributed by atoms with E-state index in [0.29, 0.717) is 12.2 Å². The van der Waals surface area contributed by atoms with Crippen molar-refractivity contribution >= 4 is 5.78 Å². The monoisotopic (exact) mass is 255 g/mol. The Bertz CT molecular complexity index is 313. The summed E-state index contributed by atoms with van der Waals surface area (Å²) in [5, 5.41) is 3.36. The Morgan fingerprint density at radius 3 is 2.22 bits per heavy atom. The van der Waals surface area contributed by atoms with Crippen molar-refractivity contribution in [1.29, 1.82) is 0 Å². The maximum Gasteiger partial charge on any atom is 0.140 e. The second kappa shape index (κ2) is 4.93. The minimum atomic E-state index is -0.331. The average molecular weight is 255 g/mol. The zero-order chi connectivity index (χ0) is 14.2. The molecule has 0 bridgehead atoms. The average Bonchev–Trinajstić information content (AvgIpc) is 2.31. The molecule has 1 aliphatic heterocycles. The number of rotatable bonds is 4. The molecule has 0 aliphatic carbocycles. The minimum absolute atomic E-state index is 0.0225. The summed E-state index contributed by atoms with van der Waals surface area (Å²) in [6.45, 7) is 15.3. The molecular formula is C15H29NO2. The van der Waals surface area contributed by atoms with E-state index in [1.165, 1.54) is 0 Å². The summed E-state index contributed by atoms with van der Waals surface area (Å²) in [5.41, 5.74) is -0.440. The number of hydrogen-bond acceptors (Lipinski definition) is 3. The lowest BCUT2D eigenvalue weighted by molar-refractivity contribution is -0.129. The van der Waals surface area contributed by atoms with Crippen LogP contribution >= 0.6 is 0 Å². The van der Waals surface area contributed by atoms with Crippen molar-refractivity contribution in [2.45, 2.75) is 78.0 Å². The van der Waals surface area contributed by atoms with Crippen LogP contribution in [-0.4, -0.2) is 29.1 Å². The molecule has 0 saturated carbocycles. The van der Waals surface area contributed by atoms with Gasteiger partial charge >= 0.3 is 0 Å². The van der Waals surface area contributed by atoms with E-state index in [0.717, 1.165) is 13.0 Å². The standard InChI is InChI=1S/C15H29NO2/c1-13(2,3)16-9-8-12(17)11-10-14(4,5)18-15(11,6)7/h11,16H,8-10H2,1-7H3. The zero-order valence-electron chi connectivity index (χ0n) is 13.0. The maximum absolute atomic E-state index is 12.3. The summed E-state index contributed by atoms with van der Waals surface area (Å²) < 4.78 is 5.98. The highest BCUT2D eigenvalue weighted by atomic mass is 16.5. The van der Waals surface area contributed by atoms with Crippen molar-refractivity contribution in [3.63, 3.8) is 0 Å². The van der Waals surface area contributed by atoms with E-state index in [1.807, 2.05) is 13.8 Å². The van der Waals surface area contributed by atoms with E-state index in [1.54, 1.807) is 0 Å². The zero-order valence-corrected chi connectivity index (χ0v) is 13.0. The van der Waals surface area contributed by atoms with E-state index in [2.05, 4.69) is 39.9 Å². The van der Waals surface area contributed by atoms with Gasteiger partial charge in [0.25, 0.3) is 0 Å². The fourth-order valence-electron chi connectivity index (χ4n) is 2.80. The first kappa shape index (κ1) is 15.6. The van der Waals surface area contributed by atoms with Gasteiger partial charge in [0.1, 0.15) is 5.78 Å². The van der Waals surface area contributed by atoms with Crippen LogP contribution in [0.1, 0.15) is 61.3 Å². The molecule has 1 aliphatic rings. The number of carbonyl (C=O) groups excluding carboxylic acids is 1. The lowest BCUT2D eigenvalue weighted by atomic mass is 9.83. The molecule has 18 heavy (non-hydrogen) atoms. The van der Waals surface area contributed by atoms with Gasteiger partial charge in [0.2, 0.25) is 0 Å². The van der Waals surface area contributed by atoms with Gasteiger partial charge in [-0.15, -0.1) is 0 Å². The molecule has 0 spiro atoms. The van der Waals surface area contributed by atoms with E-state index < -0.39 is 0 Å². The molecule has 1 rings (SSSR count). The van der Waals surface area contributed by atoms with Gasteiger partial charge in [-0.05, 0) is 54.9 Å². The van der Waals surface area contributed by atoms with E-state index >= 15 is 0 Å². The lowest BCUT2D eigenvalue weighted by Crippen LogP contribution is -2.39. The maximum atomic E-state index is 12.3. The molecule has 106 valence electrons. The molecule has 1 fully saturated rings. The van der Waals surface area contributed by atoms with Crippen molar-refractivity contribution in [3.05, 3.63) is 0 Å². The molecule has 0 radical (unpaired) electrons. The SMILES string of the molecule is CC(C)(C)NCCC(=O)C1CC(C)(C)OC1(C)C. The molecule has 0 aromatic rings. The first-order valence-corrected chi connectivity index (χ1v) is 6.91. The van der Waals surface area contributed by atoms with Gasteiger partial charge in [0.15, 0.2) is 0 Å². The first-order chi connectivity index (χ1) is 7.93. The predicted octanol–water partition coefficient (Wildman–Crippen LogP) is 2.93. The topological polar surface area (TPSA) is 38.3 Å². The molecule has 1 unspecified atom stereocenters. The van der Waals surface area contributed by atoms with Crippen LogP contribution in [0, 0.1) is 5.92 Å². The molecule has 1 heterocycles. The number of ketones is 1. The number of hydrogen-bond donors (Lipinski definition) is 1. The number of carbonyl (C=O) groups is 1. The highest BCUT2D eigenvalue weighted by molar-refractivity contribution is 5.82. The predicted molar refractivity (Wildman–Crippen MR) is 74.7 cm³/mol. The molecule has 1 N–H and O–H groups in total. The van der Waals surface area contributed by atoms with Crippen LogP contribution in [0.3, 0.4) is 0 Å². The summed E-state index contributed by atoms with van der Waals surface area (Å²) >= 11 is 0. The van der Waals surface area contributed by atoms with Crippen LogP contribution in [0.5, 0.6) is 0 Å². The Balaban J connectivity index is 2.52. The third kappa shape index (κ3) is 4.36. The van der Waals surface area contributed by atoms with Crippen molar-refractivity contribution in [2.75, 3.05) is 6.54 Å². The van der Waals surface area contributed by atoms with Crippen molar-refractivity contribution in [1.82, 2.24) is 5.32 Å². The molecular weight excluding hydrogens is 226 g/mol. The van der Waals surface area contributed by atoms with E-state index in [-0.39, 0.29) is 22.7 Å². The first-order valence-electron chi connectivity index (χ1n) is 6.91. The van der Waals surface area contributed by atoms with Crippen LogP contribution < -0.4 is 5.32 Å². The highest BCUT2D eigenvalue weighted by Crippen LogP contribution is 2.42. The number of Topliss-reactive ketones (excluding diaryl/α,β-unsaturated/α-hetero) is 1. The summed E-state index contributed by atoms with van der Waals surface area (Å²) in [5.74, 6) is 0.344. The molecule has 0 amide bonds. The van der Waals surface area contributed by atoms with Gasteiger partial charge in [-0.1, -0.05) is 0 Å². The van der Waals surface area contributed by atoms with Crippen LogP contribution in [-0.2, 0) is 9.53 Å². The second-order valence-electron chi connectivity index (χ2n) is 7.62. The number of ether oxygens (including phenoxy) is 1. The Hall–Kier alpha value is -0.410. The Morgan fingerprint density at radius 2 is 1.83 bits per heavy atom. The van der Waals surface area contributed by atoms with Gasteiger partial charge in [-0.2, -0.15) is 0 Å². The Kier molecular flexibility index (Phi) is 4.29. The minimum Gasteiger partial charge on any atom is -0.369 e. The normalized spacial score (nSPS) is 26.3. The Labute approximate surface area is 112 Å². The van der Waals surface area contributed by atoms with Crippen molar-refractivity contribution in [2.24, 2.45) is 5.92 Å². The summed E-state index contributed by atoms with van der Waals surface area (Å²) in [6.07, 6.45) is 1.42. The third-order valence-electron chi connectivity index (χ3n) is 3.49. The van der Waals surface area contributed by atoms with Gasteiger partial charge in [-0.25, -0.2) is 0 Å². The fourth-order valence-corrected chi connectivity index (χ4v) is 2.80. The van der Waals surface area contributed by atoms with Gasteiger partial charge in [0.05, 0.1) is 11.2 Å². The highest BCUT2D eigenvalue weighted by Gasteiger charge is 2.48. The smallest absolute Gasteiger partial charge is 0.140 e. The lowest BCUT2D eigenvalue weighted by Gasteiger charge is -2.27. The van der Waals surface area contributed by atoms with Crippen LogP contribution in [0.25, 0.3) is 0 Å². The molecule has 3 nitrogen and oxygen atoms in total. The summed E-state index contributed by atoms with van der Waals surface area (Å²) in [4.78, 5) is 12.3. The molecule has 3 heteroatoms. The van der Waals surface area contributed by atoms with Gasteiger partial charge < -0.3 is 10.1 Å². The molecule has 0 aromatic heterocycles. The fraction of sp³-hybridized carbons (Fsp3) is 0.933. The molecule has 1 atom stereocenters. The van der Waals surface area contributed by atoms with Crippen LogP contribution in [0.2, 0.25) is 0 Å². The van der Waals surface area contributed by atoms with Crippen molar-refractivity contribution < 1.29 is 9.53 Å². The van der Waals surface area contributed by atoms with Crippen LogP contribution in [0.15, 0.2) is 0 Å². The van der Waals surface area contributed by atoms with E-state index in [9.17, 15) is 4.79 Å². The van der Waals surface area contributed by atoms with Gasteiger partial charge in [0, 0.05) is 24.4 Å². The van der Waals surface area contributed by atoms with Gasteiger partial charge in [-0.3, -0.25) is 4.79 Å². The quantitative estimate of drug-likeness (QED) is 0.839. The van der Waals surface area contributed by atoms with E-state index in [4.69, 9.17) is 4.74 Å². The summed E-state index contributed by atoms with van der Waals surface area (Å²) in [6, 6.07) is 0. The largest absolute Gasteiger partial charge is 0.369 e. The van der Waals surface area contributed by atoms with Crippen LogP contribution in [0.4, 0.5) is 0 Å². The molecule has 1 saturated heterocycles. The Morgan fingerprint density at radius 1 is 1.28 bits per heavy atom. The number of nitrogens with one attached hydrogen (secondary N) is 1. The third-order valence-corrected chi connectivity index (χ3v) is 3.49. The second-order valence-corrected chi connectivity index (χ2v) is 7.62. The molecule has 0 aromatic carbocycles. The van der Waals surface area contributed by atoms with Crippen molar-refractivity contribution in [3.8, 4) is 0 Å². The summed E-state index contributed by atoms with van der Waals surface area (Å²) in [7, 11) is 0.